The molecule has 0 bridgehead atoms. The molecule has 0 spiro atoms. The van der Waals surface area contributed by atoms with Gasteiger partial charge < -0.3 is 15.2 Å². The number of nitrogens with one attached hydrogen (secondary N) is 1. The van der Waals surface area contributed by atoms with Gasteiger partial charge >= 0.3 is 12.1 Å². The van der Waals surface area contributed by atoms with E-state index in [1.165, 1.54) is 11.3 Å². The van der Waals surface area contributed by atoms with Crippen molar-refractivity contribution in [3.8, 4) is 11.1 Å². The van der Waals surface area contributed by atoms with E-state index in [2.05, 4.69) is 22.4 Å². The van der Waals surface area contributed by atoms with Crippen molar-refractivity contribution in [2.45, 2.75) is 25.3 Å². The van der Waals surface area contributed by atoms with E-state index in [0.29, 0.717) is 5.01 Å². The number of alkyl carbamates (subject to hydrolysis) is 1. The minimum absolute atomic E-state index is 0.0713. The fourth-order valence-electron chi connectivity index (χ4n) is 3.65. The number of ether oxygens (including phenoxy) is 1. The number of fused-ring (bicyclic) bond motifs is 3. The lowest BCUT2D eigenvalue weighted by Crippen LogP contribution is -2.42. The molecule has 1 aromatic heterocycles. The summed E-state index contributed by atoms with van der Waals surface area (Å²) >= 11 is 1.37. The quantitative estimate of drug-likeness (QED) is 0.644. The Bertz CT molecular complexity index is 1020. The second kappa shape index (κ2) is 8.05. The number of carboxylic acid groups (broad SMARTS) is 1. The highest BCUT2D eigenvalue weighted by Crippen LogP contribution is 2.44. The van der Waals surface area contributed by atoms with E-state index < -0.39 is 18.1 Å². The number of aryl methyl sites for hydroxylation is 1. The average molecular weight is 408 g/mol. The first-order valence-electron chi connectivity index (χ1n) is 9.28. The number of benzene rings is 2. The number of hydrogen-bond acceptors (Lipinski definition) is 5. The summed E-state index contributed by atoms with van der Waals surface area (Å²) in [5.41, 5.74) is 5.32. The summed E-state index contributed by atoms with van der Waals surface area (Å²) in [5.74, 6) is -1.19. The van der Waals surface area contributed by atoms with Gasteiger partial charge in [0, 0.05) is 23.4 Å². The van der Waals surface area contributed by atoms with Crippen LogP contribution in [0.1, 0.15) is 27.7 Å². The molecule has 7 heteroatoms. The first-order valence-corrected chi connectivity index (χ1v) is 10.2. The van der Waals surface area contributed by atoms with Crippen molar-refractivity contribution >= 4 is 23.4 Å². The fraction of sp³-hybridized carbons (Fsp3) is 0.227. The van der Waals surface area contributed by atoms with E-state index in [0.717, 1.165) is 27.9 Å². The van der Waals surface area contributed by atoms with Crippen molar-refractivity contribution in [3.05, 3.63) is 75.7 Å². The Morgan fingerprint density at radius 1 is 1.14 bits per heavy atom. The highest BCUT2D eigenvalue weighted by Gasteiger charge is 2.30. The maximum Gasteiger partial charge on any atom is 0.407 e. The largest absolute Gasteiger partial charge is 0.480 e. The summed E-state index contributed by atoms with van der Waals surface area (Å²) in [6.45, 7) is 1.98. The Morgan fingerprint density at radius 3 is 2.31 bits per heavy atom. The van der Waals surface area contributed by atoms with Gasteiger partial charge in [-0.3, -0.25) is 0 Å². The molecule has 3 aromatic rings. The zero-order valence-electron chi connectivity index (χ0n) is 15.8. The van der Waals surface area contributed by atoms with E-state index in [4.69, 9.17) is 4.74 Å². The molecule has 2 aromatic carbocycles. The predicted molar refractivity (Wildman–Crippen MR) is 110 cm³/mol. The second-order valence-corrected chi connectivity index (χ2v) is 7.89. The van der Waals surface area contributed by atoms with Crippen molar-refractivity contribution in [2.75, 3.05) is 6.61 Å². The monoisotopic (exact) mass is 408 g/mol. The molecule has 1 heterocycles. The molecule has 0 radical (unpaired) electrons. The minimum Gasteiger partial charge on any atom is -0.480 e. The van der Waals surface area contributed by atoms with Crippen LogP contribution < -0.4 is 5.32 Å². The van der Waals surface area contributed by atoms with Gasteiger partial charge in [-0.1, -0.05) is 48.5 Å². The van der Waals surface area contributed by atoms with Crippen LogP contribution >= 0.6 is 11.3 Å². The number of carbonyl (C=O) groups is 2. The lowest BCUT2D eigenvalue weighted by molar-refractivity contribution is -0.139. The zero-order valence-corrected chi connectivity index (χ0v) is 16.6. The number of carbonyl (C=O) groups excluding carboxylic acids is 1. The van der Waals surface area contributed by atoms with Gasteiger partial charge in [-0.15, -0.1) is 11.3 Å². The van der Waals surface area contributed by atoms with Gasteiger partial charge in [-0.05, 0) is 29.2 Å². The lowest BCUT2D eigenvalue weighted by Gasteiger charge is -2.17. The van der Waals surface area contributed by atoms with E-state index in [1.807, 2.05) is 48.7 Å². The van der Waals surface area contributed by atoms with E-state index in [9.17, 15) is 14.7 Å². The normalized spacial score (nSPS) is 13.4. The van der Waals surface area contributed by atoms with Crippen LogP contribution in [-0.2, 0) is 16.0 Å². The van der Waals surface area contributed by atoms with Gasteiger partial charge in [0.2, 0.25) is 0 Å². The first kappa shape index (κ1) is 19.1. The number of hydrogen-bond donors (Lipinski definition) is 2. The van der Waals surface area contributed by atoms with E-state index >= 15 is 0 Å². The van der Waals surface area contributed by atoms with Crippen LogP contribution in [-0.4, -0.2) is 34.8 Å². The van der Waals surface area contributed by atoms with Crippen LogP contribution in [0.4, 0.5) is 4.79 Å². The summed E-state index contributed by atoms with van der Waals surface area (Å²) in [6, 6.07) is 15.0. The first-order chi connectivity index (χ1) is 14.0. The zero-order chi connectivity index (χ0) is 20.4. The van der Waals surface area contributed by atoms with E-state index in [1.54, 1.807) is 0 Å². The standard InChI is InChI=1S/C22H20N2O4S/c1-13-12-29-20(23-13)10-19(21(25)26)24-22(27)28-11-18-16-8-4-2-6-14(16)15-7-3-5-9-17(15)18/h2-9,12,18-19H,10-11H2,1H3,(H,24,27)(H,25,26). The molecule has 29 heavy (non-hydrogen) atoms. The minimum atomic E-state index is -1.12. The highest BCUT2D eigenvalue weighted by atomic mass is 32.1. The maximum atomic E-state index is 12.3. The molecular weight excluding hydrogens is 388 g/mol. The molecule has 1 amide bonds. The number of amides is 1. The lowest BCUT2D eigenvalue weighted by atomic mass is 9.98. The molecule has 0 aliphatic heterocycles. The van der Waals surface area contributed by atoms with Gasteiger partial charge in [-0.2, -0.15) is 0 Å². The molecule has 1 aliphatic rings. The van der Waals surface area contributed by atoms with Crippen LogP contribution in [0.3, 0.4) is 0 Å². The molecule has 1 atom stereocenters. The Balaban J connectivity index is 1.43. The number of aliphatic carboxylic acids is 1. The highest BCUT2D eigenvalue weighted by molar-refractivity contribution is 7.09. The topological polar surface area (TPSA) is 88.5 Å². The molecule has 6 nitrogen and oxygen atoms in total. The summed E-state index contributed by atoms with van der Waals surface area (Å²) in [6.07, 6.45) is -0.620. The third-order valence-corrected chi connectivity index (χ3v) is 5.97. The molecule has 148 valence electrons. The SMILES string of the molecule is Cc1csc(CC(NC(=O)OCC2c3ccccc3-c3ccccc32)C(=O)O)n1. The van der Waals surface area contributed by atoms with Crippen molar-refractivity contribution < 1.29 is 19.4 Å². The van der Waals surface area contributed by atoms with Crippen LogP contribution in [0.15, 0.2) is 53.9 Å². The van der Waals surface area contributed by atoms with E-state index in [-0.39, 0.29) is 18.9 Å². The molecule has 4 rings (SSSR count). The number of rotatable bonds is 6. The van der Waals surface area contributed by atoms with Crippen LogP contribution in [0.5, 0.6) is 0 Å². The van der Waals surface area contributed by atoms with Gasteiger partial charge in [0.05, 0.1) is 5.01 Å². The third-order valence-electron chi connectivity index (χ3n) is 4.98. The molecular formula is C22H20N2O4S. The molecule has 2 N–H and O–H groups in total. The fourth-order valence-corrected chi connectivity index (χ4v) is 4.47. The van der Waals surface area contributed by atoms with Crippen molar-refractivity contribution in [1.82, 2.24) is 10.3 Å². The number of thiazole rings is 1. The number of nitrogens with zero attached hydrogens (tertiary/aromatic N) is 1. The number of carboxylic acids is 1. The van der Waals surface area contributed by atoms with Gasteiger partial charge in [0.15, 0.2) is 0 Å². The van der Waals surface area contributed by atoms with Crippen molar-refractivity contribution in [3.63, 3.8) is 0 Å². The summed E-state index contributed by atoms with van der Waals surface area (Å²) in [7, 11) is 0. The Kier molecular flexibility index (Phi) is 5.31. The van der Waals surface area contributed by atoms with Gasteiger partial charge in [0.1, 0.15) is 12.6 Å². The number of aromatic nitrogens is 1. The van der Waals surface area contributed by atoms with Crippen LogP contribution in [0.25, 0.3) is 11.1 Å². The Hall–Kier alpha value is -3.19. The Morgan fingerprint density at radius 2 is 1.76 bits per heavy atom. The summed E-state index contributed by atoms with van der Waals surface area (Å²) < 4.78 is 5.43. The average Bonchev–Trinajstić information content (AvgIpc) is 3.27. The van der Waals surface area contributed by atoms with Gasteiger partial charge in [0.25, 0.3) is 0 Å². The second-order valence-electron chi connectivity index (χ2n) is 6.95. The predicted octanol–water partition coefficient (Wildman–Crippen LogP) is 3.99. The smallest absolute Gasteiger partial charge is 0.407 e. The van der Waals surface area contributed by atoms with Crippen LogP contribution in [0, 0.1) is 6.92 Å². The summed E-state index contributed by atoms with van der Waals surface area (Å²) in [4.78, 5) is 28.1. The molecule has 1 aliphatic carbocycles. The van der Waals surface area contributed by atoms with Crippen molar-refractivity contribution in [1.29, 1.82) is 0 Å². The molecule has 0 saturated carbocycles. The van der Waals surface area contributed by atoms with Crippen LogP contribution in [0.2, 0.25) is 0 Å². The van der Waals surface area contributed by atoms with Crippen molar-refractivity contribution in [2.24, 2.45) is 0 Å². The maximum absolute atomic E-state index is 12.3. The molecule has 1 unspecified atom stereocenters. The third kappa shape index (κ3) is 4.00. The van der Waals surface area contributed by atoms with Gasteiger partial charge in [-0.25, -0.2) is 14.6 Å². The molecule has 0 saturated heterocycles. The summed E-state index contributed by atoms with van der Waals surface area (Å²) in [5, 5.41) is 14.4. The molecule has 0 fully saturated rings. The Labute approximate surface area is 172 Å².